The van der Waals surface area contributed by atoms with Crippen molar-refractivity contribution in [1.29, 1.82) is 0 Å². The minimum absolute atomic E-state index is 0.109. The Kier molecular flexibility index (Phi) is 11.9. The Bertz CT molecular complexity index is 2990. The minimum Gasteiger partial charge on any atom is -0.352 e. The van der Waals surface area contributed by atoms with Gasteiger partial charge in [0.15, 0.2) is 0 Å². The molecule has 1 aromatic heterocycles. The monoisotopic (exact) mass is 952 g/mol. The summed E-state index contributed by atoms with van der Waals surface area (Å²) >= 11 is 12.8. The predicted molar refractivity (Wildman–Crippen MR) is 255 cm³/mol. The summed E-state index contributed by atoms with van der Waals surface area (Å²) in [4.78, 5) is 74.4. The summed E-state index contributed by atoms with van der Waals surface area (Å²) in [6.45, 7) is 5.01. The summed E-state index contributed by atoms with van der Waals surface area (Å²) in [5.74, 6) is 3.24. The van der Waals surface area contributed by atoms with Gasteiger partial charge in [-0.3, -0.25) is 29.3 Å². The summed E-state index contributed by atoms with van der Waals surface area (Å²) < 4.78 is 18.2. The lowest BCUT2D eigenvalue weighted by Gasteiger charge is -2.47. The van der Waals surface area contributed by atoms with Crippen molar-refractivity contribution in [3.05, 3.63) is 159 Å². The van der Waals surface area contributed by atoms with Gasteiger partial charge in [-0.05, 0) is 109 Å². The minimum atomic E-state index is -1.36. The Balaban J connectivity index is 0.795. The van der Waals surface area contributed by atoms with Crippen molar-refractivity contribution >= 4 is 64.1 Å². The third kappa shape index (κ3) is 7.72. The van der Waals surface area contributed by atoms with E-state index in [2.05, 4.69) is 50.0 Å². The van der Waals surface area contributed by atoms with E-state index in [0.717, 1.165) is 24.8 Å². The molecule has 1 saturated carbocycles. The Morgan fingerprint density at radius 1 is 0.956 bits per heavy atom. The van der Waals surface area contributed by atoms with Crippen molar-refractivity contribution in [3.8, 4) is 11.8 Å². The fraction of sp³-hybridized carbons (Fsp3) is 0.308. The van der Waals surface area contributed by atoms with Crippen LogP contribution in [0, 0.1) is 17.7 Å². The maximum Gasteiger partial charge on any atom is 0.255 e. The number of imidazole rings is 1. The summed E-state index contributed by atoms with van der Waals surface area (Å²) in [5.41, 5.74) is 3.27. The zero-order chi connectivity index (χ0) is 47.3. The van der Waals surface area contributed by atoms with Gasteiger partial charge < -0.3 is 30.7 Å². The number of rotatable bonds is 9. The quantitative estimate of drug-likeness (QED) is 0.0751. The number of amides is 5. The molecule has 5 aliphatic rings. The van der Waals surface area contributed by atoms with Crippen molar-refractivity contribution in [1.82, 2.24) is 30.4 Å². The normalized spacial score (nSPS) is 22.3. The third-order valence-corrected chi connectivity index (χ3v) is 14.8. The van der Waals surface area contributed by atoms with Crippen molar-refractivity contribution in [2.24, 2.45) is 0 Å². The van der Waals surface area contributed by atoms with Gasteiger partial charge in [-0.2, -0.15) is 0 Å². The van der Waals surface area contributed by atoms with Crippen molar-refractivity contribution in [2.75, 3.05) is 17.2 Å². The number of allylic oxidation sites excluding steroid dienone is 1. The van der Waals surface area contributed by atoms with Gasteiger partial charge in [-0.1, -0.05) is 79.2 Å². The van der Waals surface area contributed by atoms with E-state index >= 15 is 4.39 Å². The average Bonchev–Trinajstić information content (AvgIpc) is 4.07. The van der Waals surface area contributed by atoms with Crippen LogP contribution in [0.25, 0.3) is 0 Å². The number of carbonyl (C=O) groups excluding carboxylic acids is 5. The highest BCUT2D eigenvalue weighted by Gasteiger charge is 2.72. The second kappa shape index (κ2) is 18.0. The number of hydrogen-bond donors (Lipinski definition) is 5. The van der Waals surface area contributed by atoms with Crippen LogP contribution in [0.15, 0.2) is 104 Å². The van der Waals surface area contributed by atoms with E-state index < -0.39 is 40.7 Å². The van der Waals surface area contributed by atoms with E-state index in [1.807, 2.05) is 16.7 Å². The number of nitrogens with zero attached hydrogens (tertiary/aromatic N) is 3. The van der Waals surface area contributed by atoms with Crippen LogP contribution in [0.5, 0.6) is 0 Å². The summed E-state index contributed by atoms with van der Waals surface area (Å²) in [7, 11) is 0. The van der Waals surface area contributed by atoms with Crippen molar-refractivity contribution in [2.45, 2.75) is 93.4 Å². The maximum atomic E-state index is 16.3. The molecule has 5 N–H and O–H groups in total. The van der Waals surface area contributed by atoms with Crippen molar-refractivity contribution in [3.63, 3.8) is 0 Å². The second-order valence-electron chi connectivity index (χ2n) is 18.1. The Morgan fingerprint density at radius 3 is 2.54 bits per heavy atom. The smallest absolute Gasteiger partial charge is 0.255 e. The number of fused-ring (bicyclic) bond motifs is 4. The molecule has 346 valence electrons. The zero-order valence-electron chi connectivity index (χ0n) is 36.9. The molecule has 5 amide bonds. The number of hydrogen-bond acceptors (Lipinski definition) is 7. The molecule has 2 spiro atoms. The molecule has 0 radical (unpaired) electrons. The maximum absolute atomic E-state index is 16.3. The Labute approximate surface area is 402 Å². The van der Waals surface area contributed by atoms with E-state index in [-0.39, 0.29) is 34.2 Å². The van der Waals surface area contributed by atoms with Gasteiger partial charge in [0.25, 0.3) is 11.8 Å². The predicted octanol–water partition coefficient (Wildman–Crippen LogP) is 7.58. The summed E-state index contributed by atoms with van der Waals surface area (Å²) in [6, 6.07) is 20.2. The largest absolute Gasteiger partial charge is 0.352 e. The molecule has 3 fully saturated rings. The van der Waals surface area contributed by atoms with Crippen LogP contribution in [0.2, 0.25) is 10.0 Å². The number of benzene rings is 4. The summed E-state index contributed by atoms with van der Waals surface area (Å²) in [6.07, 6.45) is 8.83. The Morgan fingerprint density at radius 2 is 1.75 bits per heavy atom. The SMILES string of the molecule is C=C1CCC(N2Cc3c(C#Cc4cncn4CCCNC(=O)c4ccc(NC(=O)[C@@H]5NC6(CCCCC6)[C@@]6(C(=O)Nc7cc(Cl)ccc76)[C@H]5c5cccc(Cl)c5F)cc4)cccc3C2=O)C(=O)N1. The second-order valence-corrected chi connectivity index (χ2v) is 19.0. The number of aryl methyl sites for hydroxylation is 1. The lowest BCUT2D eigenvalue weighted by Crippen LogP contribution is -2.60. The van der Waals surface area contributed by atoms with Gasteiger partial charge in [0, 0.05) is 69.9 Å². The van der Waals surface area contributed by atoms with Gasteiger partial charge in [0.2, 0.25) is 17.7 Å². The molecule has 4 aliphatic heterocycles. The van der Waals surface area contributed by atoms with Crippen LogP contribution < -0.4 is 26.6 Å². The molecule has 5 heterocycles. The molecule has 10 rings (SSSR count). The van der Waals surface area contributed by atoms with Gasteiger partial charge in [-0.15, -0.1) is 0 Å². The van der Waals surface area contributed by atoms with Crippen LogP contribution in [0.4, 0.5) is 15.8 Å². The van der Waals surface area contributed by atoms with Gasteiger partial charge >= 0.3 is 0 Å². The first-order valence-electron chi connectivity index (χ1n) is 22.8. The van der Waals surface area contributed by atoms with Crippen LogP contribution >= 0.6 is 23.2 Å². The molecule has 13 nitrogen and oxygen atoms in total. The highest BCUT2D eigenvalue weighted by atomic mass is 35.5. The molecule has 2 saturated heterocycles. The lowest BCUT2D eigenvalue weighted by atomic mass is 9.55. The molecule has 68 heavy (non-hydrogen) atoms. The summed E-state index contributed by atoms with van der Waals surface area (Å²) in [5, 5.41) is 15.7. The van der Waals surface area contributed by atoms with E-state index in [1.54, 1.807) is 78.1 Å². The zero-order valence-corrected chi connectivity index (χ0v) is 38.4. The highest BCUT2D eigenvalue weighted by Crippen LogP contribution is 2.63. The standard InChI is InChI=1S/C52H47Cl2FN8O5/c1-30-12-21-42(47(65)58-30)63-28-38-31(8-5-9-36(38)49(63)67)15-19-35-27-56-29-62(35)25-7-24-57-46(64)32-13-17-34(18-14-32)59-48(66)45-43(37-10-6-11-40(54)44(37)55)52(51(61-45)22-3-2-4-23-51)39-20-16-33(53)26-41(39)60-50(52)68/h5-6,8-11,13-14,16-18,20,26-27,29,42-43,45,61H,1-4,7,12,21-25,28H2,(H,57,64)(H,58,65)(H,59,66)(H,60,68)/t42?,43-,45+,52+/m0/s1. The topological polar surface area (TPSA) is 167 Å². The van der Waals surface area contributed by atoms with E-state index in [0.29, 0.717) is 102 Å². The molecule has 4 aromatic carbocycles. The number of halogens is 3. The van der Waals surface area contributed by atoms with E-state index in [1.165, 1.54) is 6.07 Å². The van der Waals surface area contributed by atoms with E-state index in [9.17, 15) is 24.0 Å². The highest BCUT2D eigenvalue weighted by molar-refractivity contribution is 6.31. The van der Waals surface area contributed by atoms with Crippen LogP contribution in [-0.4, -0.2) is 68.2 Å². The molecule has 1 aliphatic carbocycles. The number of anilines is 2. The molecular formula is C52H47Cl2FN8O5. The van der Waals surface area contributed by atoms with E-state index in [4.69, 9.17) is 23.2 Å². The van der Waals surface area contributed by atoms with Crippen LogP contribution in [0.1, 0.15) is 106 Å². The number of piperidine rings is 1. The van der Waals surface area contributed by atoms with Gasteiger partial charge in [0.1, 0.15) is 23.0 Å². The number of nitrogens with one attached hydrogen (secondary N) is 5. The first-order valence-corrected chi connectivity index (χ1v) is 23.6. The molecule has 5 aromatic rings. The van der Waals surface area contributed by atoms with Crippen LogP contribution in [-0.2, 0) is 32.9 Å². The fourth-order valence-electron chi connectivity index (χ4n) is 11.2. The van der Waals surface area contributed by atoms with Crippen molar-refractivity contribution < 1.29 is 28.4 Å². The molecular weight excluding hydrogens is 907 g/mol. The molecule has 16 heteroatoms. The molecule has 0 bridgehead atoms. The number of aromatic nitrogens is 2. The molecule has 1 unspecified atom stereocenters. The van der Waals surface area contributed by atoms with Gasteiger partial charge in [0.05, 0.1) is 23.6 Å². The average molecular weight is 954 g/mol. The number of carbonyl (C=O) groups is 5. The fourth-order valence-corrected chi connectivity index (χ4v) is 11.6. The first-order chi connectivity index (χ1) is 32.9. The lowest BCUT2D eigenvalue weighted by molar-refractivity contribution is -0.126. The molecule has 4 atom stereocenters. The van der Waals surface area contributed by atoms with Crippen LogP contribution in [0.3, 0.4) is 0 Å². The van der Waals surface area contributed by atoms with Gasteiger partial charge in [-0.25, -0.2) is 9.37 Å². The first kappa shape index (κ1) is 45.0. The Hall–Kier alpha value is -6.79. The third-order valence-electron chi connectivity index (χ3n) is 14.3.